The van der Waals surface area contributed by atoms with Crippen LogP contribution in [0.5, 0.6) is 0 Å². The van der Waals surface area contributed by atoms with Gasteiger partial charge >= 0.3 is 0 Å². The second kappa shape index (κ2) is 9.57. The van der Waals surface area contributed by atoms with Crippen LogP contribution in [0, 0.1) is 5.92 Å². The van der Waals surface area contributed by atoms with Crippen molar-refractivity contribution in [3.63, 3.8) is 0 Å². The molecule has 0 amide bonds. The van der Waals surface area contributed by atoms with E-state index in [1.165, 1.54) is 12.0 Å². The van der Waals surface area contributed by atoms with Crippen LogP contribution in [0.3, 0.4) is 0 Å². The van der Waals surface area contributed by atoms with Gasteiger partial charge in [-0.05, 0) is 24.3 Å². The first-order valence-corrected chi connectivity index (χ1v) is 9.40. The summed E-state index contributed by atoms with van der Waals surface area (Å²) in [6.07, 6.45) is 4.15. The van der Waals surface area contributed by atoms with Gasteiger partial charge in [0.1, 0.15) is 5.76 Å². The molecule has 6 heteroatoms. The van der Waals surface area contributed by atoms with E-state index in [0.717, 1.165) is 31.2 Å². The summed E-state index contributed by atoms with van der Waals surface area (Å²) in [5.74, 6) is 3.21. The van der Waals surface area contributed by atoms with Crippen molar-refractivity contribution in [2.75, 3.05) is 20.1 Å². The Morgan fingerprint density at radius 1 is 1.30 bits per heavy atom. The number of guanidine groups is 1. The summed E-state index contributed by atoms with van der Waals surface area (Å²) in [5.41, 5.74) is 1.39. The summed E-state index contributed by atoms with van der Waals surface area (Å²) < 4.78 is 5.86. The zero-order valence-corrected chi connectivity index (χ0v) is 19.1. The summed E-state index contributed by atoms with van der Waals surface area (Å²) >= 11 is 0. The normalized spacial score (nSPS) is 17.7. The lowest BCUT2D eigenvalue weighted by atomic mass is 9.94. The molecule has 0 spiro atoms. The van der Waals surface area contributed by atoms with Crippen LogP contribution in [0.15, 0.2) is 45.9 Å². The van der Waals surface area contributed by atoms with E-state index in [0.29, 0.717) is 18.4 Å². The van der Waals surface area contributed by atoms with Gasteiger partial charge in [-0.15, -0.1) is 24.0 Å². The highest BCUT2D eigenvalue weighted by molar-refractivity contribution is 14.0. The molecule has 0 saturated carbocycles. The van der Waals surface area contributed by atoms with E-state index < -0.39 is 0 Å². The lowest BCUT2D eigenvalue weighted by Gasteiger charge is -2.21. The Labute approximate surface area is 179 Å². The predicted octanol–water partition coefficient (Wildman–Crippen LogP) is 4.23. The number of rotatable bonds is 4. The van der Waals surface area contributed by atoms with Crippen LogP contribution in [-0.2, 0) is 18.4 Å². The quantitative estimate of drug-likeness (QED) is 0.403. The predicted molar refractivity (Wildman–Crippen MR) is 121 cm³/mol. The number of nitrogens with zero attached hydrogens (tertiary/aromatic N) is 3. The van der Waals surface area contributed by atoms with Crippen molar-refractivity contribution in [2.24, 2.45) is 10.9 Å². The molecular weight excluding hydrogens is 451 g/mol. The molecule has 1 aromatic heterocycles. The van der Waals surface area contributed by atoms with Gasteiger partial charge in [0.05, 0.1) is 12.7 Å². The number of hydrogen-bond donors (Lipinski definition) is 1. The smallest absolute Gasteiger partial charge is 0.213 e. The first kappa shape index (κ1) is 21.7. The van der Waals surface area contributed by atoms with Crippen molar-refractivity contribution in [2.45, 2.75) is 45.6 Å². The van der Waals surface area contributed by atoms with Crippen LogP contribution < -0.4 is 5.32 Å². The van der Waals surface area contributed by atoms with Crippen LogP contribution in [0.1, 0.15) is 44.4 Å². The molecule has 0 radical (unpaired) electrons. The van der Waals surface area contributed by atoms with Crippen molar-refractivity contribution in [1.82, 2.24) is 15.2 Å². The van der Waals surface area contributed by atoms with Crippen LogP contribution in [-0.4, -0.2) is 36.0 Å². The van der Waals surface area contributed by atoms with E-state index in [1.54, 1.807) is 0 Å². The Bertz CT molecular complexity index is 736. The molecule has 1 atom stereocenters. The zero-order chi connectivity index (χ0) is 18.6. The molecule has 1 fully saturated rings. The van der Waals surface area contributed by atoms with Gasteiger partial charge in [0.15, 0.2) is 5.96 Å². The Kier molecular flexibility index (Phi) is 7.70. The molecule has 148 valence electrons. The van der Waals surface area contributed by atoms with E-state index in [9.17, 15) is 0 Å². The van der Waals surface area contributed by atoms with Crippen LogP contribution in [0.4, 0.5) is 0 Å². The molecule has 1 aromatic carbocycles. The van der Waals surface area contributed by atoms with Crippen LogP contribution in [0.25, 0.3) is 0 Å². The van der Waals surface area contributed by atoms with Gasteiger partial charge < -0.3 is 14.6 Å². The second-order valence-corrected chi connectivity index (χ2v) is 8.06. The summed E-state index contributed by atoms with van der Waals surface area (Å²) in [6.45, 7) is 9.01. The lowest BCUT2D eigenvalue weighted by Crippen LogP contribution is -2.39. The molecule has 3 rings (SSSR count). The van der Waals surface area contributed by atoms with Gasteiger partial charge in [-0.25, -0.2) is 4.98 Å². The van der Waals surface area contributed by atoms with E-state index in [1.807, 2.05) is 13.2 Å². The maximum absolute atomic E-state index is 5.86. The minimum atomic E-state index is -0.0213. The highest BCUT2D eigenvalue weighted by Crippen LogP contribution is 2.23. The number of hydrogen-bond acceptors (Lipinski definition) is 3. The summed E-state index contributed by atoms with van der Waals surface area (Å²) in [4.78, 5) is 11.2. The van der Waals surface area contributed by atoms with Gasteiger partial charge in [0, 0.05) is 25.6 Å². The molecule has 1 aliphatic heterocycles. The topological polar surface area (TPSA) is 53.7 Å². The standard InChI is InChI=1S/C21H30N4O.HI/c1-21(2,3)18-13-23-19(26-18)14-24-20(22-4)25-11-10-17(15-25)12-16-8-6-5-7-9-16;/h5-9,13,17H,10-12,14-15H2,1-4H3,(H,22,24);1H. The molecule has 5 nitrogen and oxygen atoms in total. The zero-order valence-electron chi connectivity index (χ0n) is 16.7. The van der Waals surface area contributed by atoms with Gasteiger partial charge in [0.2, 0.25) is 5.89 Å². The van der Waals surface area contributed by atoms with Crippen molar-refractivity contribution < 1.29 is 4.42 Å². The molecule has 1 unspecified atom stereocenters. The van der Waals surface area contributed by atoms with Gasteiger partial charge in [-0.1, -0.05) is 51.1 Å². The average molecular weight is 482 g/mol. The molecule has 1 N–H and O–H groups in total. The lowest BCUT2D eigenvalue weighted by molar-refractivity contribution is 0.376. The number of benzene rings is 1. The fraction of sp³-hybridized carbons (Fsp3) is 0.524. The Morgan fingerprint density at radius 2 is 2.04 bits per heavy atom. The Morgan fingerprint density at radius 3 is 2.67 bits per heavy atom. The summed E-state index contributed by atoms with van der Waals surface area (Å²) in [5, 5.41) is 3.40. The molecule has 27 heavy (non-hydrogen) atoms. The van der Waals surface area contributed by atoms with E-state index in [2.05, 4.69) is 71.3 Å². The number of likely N-dealkylation sites (tertiary alicyclic amines) is 1. The van der Waals surface area contributed by atoms with Crippen LogP contribution in [0.2, 0.25) is 0 Å². The summed E-state index contributed by atoms with van der Waals surface area (Å²) in [6, 6.07) is 10.7. The van der Waals surface area contributed by atoms with Crippen molar-refractivity contribution in [3.8, 4) is 0 Å². The third-order valence-corrected chi connectivity index (χ3v) is 4.85. The fourth-order valence-corrected chi connectivity index (χ4v) is 3.36. The van der Waals surface area contributed by atoms with Crippen molar-refractivity contribution >= 4 is 29.9 Å². The maximum atomic E-state index is 5.86. The highest BCUT2D eigenvalue weighted by Gasteiger charge is 2.25. The largest absolute Gasteiger partial charge is 0.443 e. The number of halogens is 1. The Balaban J connectivity index is 0.00000261. The number of oxazole rings is 1. The first-order valence-electron chi connectivity index (χ1n) is 9.40. The molecule has 1 aliphatic rings. The van der Waals surface area contributed by atoms with E-state index in [-0.39, 0.29) is 29.4 Å². The van der Waals surface area contributed by atoms with Gasteiger partial charge in [-0.2, -0.15) is 0 Å². The van der Waals surface area contributed by atoms with E-state index in [4.69, 9.17) is 4.42 Å². The van der Waals surface area contributed by atoms with Crippen molar-refractivity contribution in [3.05, 3.63) is 53.7 Å². The average Bonchev–Trinajstić information content (AvgIpc) is 3.26. The summed E-state index contributed by atoms with van der Waals surface area (Å²) in [7, 11) is 1.84. The van der Waals surface area contributed by atoms with Crippen molar-refractivity contribution in [1.29, 1.82) is 0 Å². The molecule has 2 aromatic rings. The first-order chi connectivity index (χ1) is 12.5. The number of aromatic nitrogens is 1. The minimum absolute atomic E-state index is 0. The minimum Gasteiger partial charge on any atom is -0.443 e. The number of aliphatic imine (C=N–C) groups is 1. The molecular formula is C21H31IN4O. The highest BCUT2D eigenvalue weighted by atomic mass is 127. The molecule has 0 bridgehead atoms. The van der Waals surface area contributed by atoms with Gasteiger partial charge in [-0.3, -0.25) is 4.99 Å². The molecule has 0 aliphatic carbocycles. The van der Waals surface area contributed by atoms with Crippen LogP contribution >= 0.6 is 24.0 Å². The SMILES string of the molecule is CN=C(NCc1ncc(C(C)(C)C)o1)N1CCC(Cc2ccccc2)C1.I. The third kappa shape index (κ3) is 5.96. The van der Waals surface area contributed by atoms with E-state index >= 15 is 0 Å². The molecule has 2 heterocycles. The third-order valence-electron chi connectivity index (χ3n) is 4.85. The maximum Gasteiger partial charge on any atom is 0.213 e. The Hall–Kier alpha value is -1.57. The fourth-order valence-electron chi connectivity index (χ4n) is 3.36. The number of nitrogens with one attached hydrogen (secondary N) is 1. The van der Waals surface area contributed by atoms with Gasteiger partial charge in [0.25, 0.3) is 0 Å². The second-order valence-electron chi connectivity index (χ2n) is 8.06. The molecule has 1 saturated heterocycles. The monoisotopic (exact) mass is 482 g/mol.